The summed E-state index contributed by atoms with van der Waals surface area (Å²) in [5, 5.41) is 1.33. The topological polar surface area (TPSA) is 75.7 Å². The van der Waals surface area contributed by atoms with Crippen LogP contribution in [0.1, 0.15) is 15.9 Å². The van der Waals surface area contributed by atoms with Crippen molar-refractivity contribution in [1.82, 2.24) is 15.0 Å². The molecule has 0 radical (unpaired) electrons. The Balaban J connectivity index is 1.86. The molecule has 6 rings (SSSR count). The zero-order valence-corrected chi connectivity index (χ0v) is 16.3. The number of thiophene rings is 1. The van der Waals surface area contributed by atoms with Crippen LogP contribution in [0.4, 0.5) is 0 Å². The average molecular weight is 416 g/mol. The Morgan fingerprint density at radius 1 is 0.931 bits per heavy atom. The highest BCUT2D eigenvalue weighted by Crippen LogP contribution is 2.46. The number of H-pyrrole nitrogens is 1. The van der Waals surface area contributed by atoms with Crippen LogP contribution in [-0.2, 0) is 0 Å². The van der Waals surface area contributed by atoms with Crippen molar-refractivity contribution in [2.45, 2.75) is 0 Å². The van der Waals surface area contributed by atoms with Crippen molar-refractivity contribution in [3.8, 4) is 22.4 Å². The summed E-state index contributed by atoms with van der Waals surface area (Å²) in [5.74, 6) is -0.0702. The molecule has 3 aromatic heterocycles. The number of hydrogen-bond acceptors (Lipinski definition) is 5. The molecule has 0 saturated carbocycles. The van der Waals surface area contributed by atoms with Crippen LogP contribution in [0.5, 0.6) is 0 Å². The van der Waals surface area contributed by atoms with Gasteiger partial charge in [-0.15, -0.1) is 11.3 Å². The van der Waals surface area contributed by atoms with Crippen molar-refractivity contribution in [3.05, 3.63) is 81.4 Å². The van der Waals surface area contributed by atoms with Crippen molar-refractivity contribution < 1.29 is 4.79 Å². The van der Waals surface area contributed by atoms with Gasteiger partial charge in [-0.2, -0.15) is 0 Å². The number of benzene rings is 2. The first-order valence-corrected chi connectivity index (χ1v) is 10.1. The van der Waals surface area contributed by atoms with E-state index in [-0.39, 0.29) is 11.3 Å². The lowest BCUT2D eigenvalue weighted by Crippen LogP contribution is -2.04. The smallest absolute Gasteiger partial charge is 0.268 e. The van der Waals surface area contributed by atoms with E-state index >= 15 is 0 Å². The number of pyridine rings is 1. The van der Waals surface area contributed by atoms with Gasteiger partial charge in [-0.25, -0.2) is 9.97 Å². The molecular formula is C22H10ClN3O2S. The van der Waals surface area contributed by atoms with E-state index in [1.165, 1.54) is 17.7 Å². The molecule has 5 aromatic rings. The second-order valence-corrected chi connectivity index (χ2v) is 8.22. The second-order valence-electron chi connectivity index (χ2n) is 6.78. The molecule has 1 N–H and O–H groups in total. The number of hydrogen-bond donors (Lipinski definition) is 1. The molecule has 29 heavy (non-hydrogen) atoms. The predicted octanol–water partition coefficient (Wildman–Crippen LogP) is 5.06. The summed E-state index contributed by atoms with van der Waals surface area (Å²) in [7, 11) is 0. The first-order chi connectivity index (χ1) is 14.1. The van der Waals surface area contributed by atoms with Gasteiger partial charge in [-0.3, -0.25) is 9.59 Å². The Morgan fingerprint density at radius 2 is 1.69 bits per heavy atom. The lowest BCUT2D eigenvalue weighted by Gasteiger charge is -2.10. The molecule has 5 nitrogen and oxygen atoms in total. The zero-order valence-electron chi connectivity index (χ0n) is 14.7. The highest BCUT2D eigenvalue weighted by atomic mass is 35.5. The minimum atomic E-state index is -0.216. The third-order valence-electron chi connectivity index (χ3n) is 5.20. The van der Waals surface area contributed by atoms with Crippen LogP contribution in [-0.4, -0.2) is 20.7 Å². The van der Waals surface area contributed by atoms with Gasteiger partial charge in [0, 0.05) is 27.1 Å². The normalized spacial score (nSPS) is 12.5. The van der Waals surface area contributed by atoms with E-state index in [4.69, 9.17) is 16.6 Å². The van der Waals surface area contributed by atoms with Gasteiger partial charge in [0.15, 0.2) is 5.78 Å². The van der Waals surface area contributed by atoms with E-state index in [1.54, 1.807) is 12.1 Å². The van der Waals surface area contributed by atoms with E-state index in [9.17, 15) is 9.59 Å². The maximum Gasteiger partial charge on any atom is 0.268 e. The molecule has 2 aromatic carbocycles. The molecule has 0 fully saturated rings. The molecule has 3 heterocycles. The Hall–Kier alpha value is -3.35. The fraction of sp³-hybridized carbons (Fsp3) is 0. The van der Waals surface area contributed by atoms with Gasteiger partial charge in [-0.05, 0) is 17.7 Å². The summed E-state index contributed by atoms with van der Waals surface area (Å²) < 4.78 is 0.495. The fourth-order valence-corrected chi connectivity index (χ4v) is 5.12. The predicted molar refractivity (Wildman–Crippen MR) is 115 cm³/mol. The van der Waals surface area contributed by atoms with Crippen LogP contribution in [0.3, 0.4) is 0 Å². The number of aromatic nitrogens is 3. The Bertz CT molecular complexity index is 1550. The average Bonchev–Trinajstić information content (AvgIpc) is 3.25. The van der Waals surface area contributed by atoms with Crippen molar-refractivity contribution in [2.75, 3.05) is 0 Å². The van der Waals surface area contributed by atoms with Crippen molar-refractivity contribution in [2.24, 2.45) is 0 Å². The molecule has 0 spiro atoms. The molecule has 0 saturated heterocycles. The van der Waals surface area contributed by atoms with Crippen LogP contribution >= 0.6 is 22.9 Å². The largest absolute Gasteiger partial charge is 0.312 e. The molecule has 7 heteroatoms. The summed E-state index contributed by atoms with van der Waals surface area (Å²) in [5.41, 5.74) is 4.55. The molecule has 0 bridgehead atoms. The highest BCUT2D eigenvalue weighted by Gasteiger charge is 2.33. The molecular weight excluding hydrogens is 406 g/mol. The number of ketones is 1. The molecule has 138 valence electrons. The Kier molecular flexibility index (Phi) is 3.33. The standard InChI is InChI=1S/C22H10ClN3O2S/c23-11-7-5-10(6-8-11)14-15-17(12-3-1-2-4-13(12)19(15)27)26-22-16(14)18-20(29-22)21(28)25-9-24-18/h1-9H,(H,24,25,28). The van der Waals surface area contributed by atoms with Gasteiger partial charge in [-0.1, -0.05) is 48.0 Å². The van der Waals surface area contributed by atoms with E-state index in [1.807, 2.05) is 36.4 Å². The van der Waals surface area contributed by atoms with Crippen LogP contribution in [0.2, 0.25) is 5.02 Å². The van der Waals surface area contributed by atoms with E-state index in [2.05, 4.69) is 9.97 Å². The number of nitrogens with zero attached hydrogens (tertiary/aromatic N) is 2. The maximum atomic E-state index is 13.4. The minimum absolute atomic E-state index is 0.0702. The fourth-order valence-electron chi connectivity index (χ4n) is 3.96. The van der Waals surface area contributed by atoms with Gasteiger partial charge in [0.2, 0.25) is 0 Å². The number of fused-ring (bicyclic) bond motifs is 6. The van der Waals surface area contributed by atoms with Gasteiger partial charge in [0.05, 0.1) is 23.1 Å². The number of carbonyl (C=O) groups is 1. The number of carbonyl (C=O) groups excluding carboxylic acids is 1. The van der Waals surface area contributed by atoms with Gasteiger partial charge in [0.25, 0.3) is 5.56 Å². The Labute approximate surface area is 172 Å². The number of rotatable bonds is 1. The van der Waals surface area contributed by atoms with E-state index < -0.39 is 0 Å². The third-order valence-corrected chi connectivity index (χ3v) is 6.52. The first kappa shape index (κ1) is 16.6. The SMILES string of the molecule is O=C1c2ccccc2-c2nc3sc4c(=O)[nH]cnc4c3c(-c3ccc(Cl)cc3)c21. The summed E-state index contributed by atoms with van der Waals surface area (Å²) in [6.07, 6.45) is 1.38. The number of aromatic amines is 1. The summed E-state index contributed by atoms with van der Waals surface area (Å²) >= 11 is 7.38. The van der Waals surface area contributed by atoms with Crippen molar-refractivity contribution in [3.63, 3.8) is 0 Å². The summed E-state index contributed by atoms with van der Waals surface area (Å²) in [6.45, 7) is 0. The zero-order chi connectivity index (χ0) is 19.7. The molecule has 0 atom stereocenters. The summed E-state index contributed by atoms with van der Waals surface area (Å²) in [6, 6.07) is 14.8. The Morgan fingerprint density at radius 3 is 2.48 bits per heavy atom. The molecule has 0 unspecified atom stereocenters. The highest BCUT2D eigenvalue weighted by molar-refractivity contribution is 7.25. The van der Waals surface area contributed by atoms with Gasteiger partial charge in [0.1, 0.15) is 9.53 Å². The first-order valence-electron chi connectivity index (χ1n) is 8.87. The van der Waals surface area contributed by atoms with Crippen LogP contribution in [0.25, 0.3) is 42.8 Å². The molecule has 1 aliphatic rings. The van der Waals surface area contributed by atoms with Crippen LogP contribution < -0.4 is 5.56 Å². The van der Waals surface area contributed by atoms with Crippen molar-refractivity contribution in [1.29, 1.82) is 0 Å². The van der Waals surface area contributed by atoms with Gasteiger partial charge >= 0.3 is 0 Å². The minimum Gasteiger partial charge on any atom is -0.312 e. The van der Waals surface area contributed by atoms with Crippen LogP contribution in [0.15, 0.2) is 59.7 Å². The molecule has 0 aliphatic heterocycles. The van der Waals surface area contributed by atoms with Crippen LogP contribution in [0, 0.1) is 0 Å². The quantitative estimate of drug-likeness (QED) is 0.407. The molecule has 0 amide bonds. The molecule has 1 aliphatic carbocycles. The monoisotopic (exact) mass is 415 g/mol. The third kappa shape index (κ3) is 2.21. The van der Waals surface area contributed by atoms with Crippen molar-refractivity contribution >= 4 is 49.2 Å². The maximum absolute atomic E-state index is 13.4. The lowest BCUT2D eigenvalue weighted by atomic mass is 9.95. The number of halogens is 1. The summed E-state index contributed by atoms with van der Waals surface area (Å²) in [4.78, 5) is 38.2. The van der Waals surface area contributed by atoms with E-state index in [0.29, 0.717) is 36.9 Å². The second kappa shape index (κ2) is 5.83. The lowest BCUT2D eigenvalue weighted by molar-refractivity contribution is 0.104. The van der Waals surface area contributed by atoms with E-state index in [0.717, 1.165) is 22.1 Å². The van der Waals surface area contributed by atoms with Gasteiger partial charge < -0.3 is 4.98 Å². The number of nitrogens with one attached hydrogen (secondary N) is 1.